The first-order valence-electron chi connectivity index (χ1n) is 8.81. The van der Waals surface area contributed by atoms with Crippen LogP contribution in [0.5, 0.6) is 0 Å². The van der Waals surface area contributed by atoms with Gasteiger partial charge in [-0.2, -0.15) is 5.26 Å². The van der Waals surface area contributed by atoms with Gasteiger partial charge in [-0.05, 0) is 36.8 Å². The highest BCUT2D eigenvalue weighted by Crippen LogP contribution is 2.35. The predicted octanol–water partition coefficient (Wildman–Crippen LogP) is 5.11. The number of nitrogens with one attached hydrogen (secondary N) is 1. The van der Waals surface area contributed by atoms with E-state index in [0.717, 1.165) is 5.56 Å². The summed E-state index contributed by atoms with van der Waals surface area (Å²) in [5, 5.41) is 23.5. The highest BCUT2D eigenvalue weighted by atomic mass is 32.1. The molecule has 7 heteroatoms. The number of rotatable bonds is 6. The Labute approximate surface area is 171 Å². The number of nitro groups is 1. The van der Waals surface area contributed by atoms with E-state index in [2.05, 4.69) is 5.32 Å². The fourth-order valence-electron chi connectivity index (χ4n) is 2.81. The fraction of sp³-hybridized carbons (Fsp3) is 0.0909. The van der Waals surface area contributed by atoms with Gasteiger partial charge in [-0.3, -0.25) is 14.9 Å². The lowest BCUT2D eigenvalue weighted by Crippen LogP contribution is -2.27. The third-order valence-electron chi connectivity index (χ3n) is 4.29. The van der Waals surface area contributed by atoms with Gasteiger partial charge in [-0.25, -0.2) is 0 Å². The van der Waals surface area contributed by atoms with Gasteiger partial charge >= 0.3 is 0 Å². The highest BCUT2D eigenvalue weighted by Gasteiger charge is 2.17. The smallest absolute Gasteiger partial charge is 0.278 e. The van der Waals surface area contributed by atoms with Crippen LogP contribution < -0.4 is 5.32 Å². The van der Waals surface area contributed by atoms with Crippen molar-refractivity contribution in [3.05, 3.63) is 92.9 Å². The molecule has 6 nitrogen and oxygen atoms in total. The summed E-state index contributed by atoms with van der Waals surface area (Å²) in [5.41, 5.74) is 1.43. The van der Waals surface area contributed by atoms with Crippen LogP contribution >= 0.6 is 11.3 Å². The van der Waals surface area contributed by atoms with Crippen molar-refractivity contribution in [3.8, 4) is 16.5 Å². The number of carbonyl (C=O) groups excluding carboxylic acids is 1. The monoisotopic (exact) mass is 403 g/mol. The first kappa shape index (κ1) is 20.0. The van der Waals surface area contributed by atoms with E-state index in [1.807, 2.05) is 43.3 Å². The van der Waals surface area contributed by atoms with Gasteiger partial charge < -0.3 is 5.32 Å². The topological polar surface area (TPSA) is 96.0 Å². The molecular formula is C22H17N3O3S. The van der Waals surface area contributed by atoms with E-state index in [1.165, 1.54) is 23.5 Å². The van der Waals surface area contributed by atoms with Crippen LogP contribution in [0.4, 0.5) is 5.69 Å². The molecule has 1 N–H and O–H groups in total. The molecule has 144 valence electrons. The largest absolute Gasteiger partial charge is 0.345 e. The first-order chi connectivity index (χ1) is 14.0. The van der Waals surface area contributed by atoms with E-state index >= 15 is 0 Å². The fourth-order valence-corrected chi connectivity index (χ4v) is 3.79. The zero-order valence-electron chi connectivity index (χ0n) is 15.5. The number of hydrogen-bond acceptors (Lipinski definition) is 5. The Balaban J connectivity index is 1.81. The summed E-state index contributed by atoms with van der Waals surface area (Å²) < 4.78 is 0. The zero-order chi connectivity index (χ0) is 20.8. The molecule has 0 spiro atoms. The second-order valence-corrected chi connectivity index (χ2v) is 7.37. The van der Waals surface area contributed by atoms with E-state index in [9.17, 15) is 20.2 Å². The molecule has 0 aliphatic carbocycles. The maximum absolute atomic E-state index is 12.5. The Morgan fingerprint density at radius 2 is 1.83 bits per heavy atom. The molecule has 0 aliphatic heterocycles. The molecule has 1 aromatic heterocycles. The zero-order valence-corrected chi connectivity index (χ0v) is 16.3. The first-order valence-corrected chi connectivity index (χ1v) is 9.62. The molecule has 0 aliphatic rings. The number of thiophene rings is 1. The van der Waals surface area contributed by atoms with Crippen LogP contribution in [0.25, 0.3) is 16.5 Å². The molecule has 3 aromatic rings. The second kappa shape index (κ2) is 8.95. The number of para-hydroxylation sites is 1. The molecule has 29 heavy (non-hydrogen) atoms. The van der Waals surface area contributed by atoms with E-state index < -0.39 is 10.8 Å². The molecule has 2 aromatic carbocycles. The molecule has 0 radical (unpaired) electrons. The summed E-state index contributed by atoms with van der Waals surface area (Å²) in [7, 11) is 0. The van der Waals surface area contributed by atoms with E-state index in [1.54, 1.807) is 30.3 Å². The maximum Gasteiger partial charge on any atom is 0.278 e. The number of nitriles is 1. The highest BCUT2D eigenvalue weighted by molar-refractivity contribution is 7.16. The summed E-state index contributed by atoms with van der Waals surface area (Å²) in [6, 6.07) is 21.1. The lowest BCUT2D eigenvalue weighted by atomic mass is 10.1. The average Bonchev–Trinajstić information content (AvgIpc) is 3.21. The van der Waals surface area contributed by atoms with Crippen LogP contribution in [0, 0.1) is 21.4 Å². The molecule has 1 heterocycles. The van der Waals surface area contributed by atoms with Crippen molar-refractivity contribution in [2.24, 2.45) is 0 Å². The molecule has 0 saturated heterocycles. The number of carbonyl (C=O) groups is 1. The molecule has 1 unspecified atom stereocenters. The summed E-state index contributed by atoms with van der Waals surface area (Å²) in [6.07, 6.45) is 1.50. The summed E-state index contributed by atoms with van der Waals surface area (Å²) in [5.74, 6) is -0.468. The minimum absolute atomic E-state index is 0.0137. The molecule has 1 amide bonds. The number of nitrogens with zero attached hydrogens (tertiary/aromatic N) is 2. The van der Waals surface area contributed by atoms with Gasteiger partial charge in [0.2, 0.25) is 0 Å². The van der Waals surface area contributed by atoms with Crippen LogP contribution in [0.15, 0.2) is 72.3 Å². The molecular weight excluding hydrogens is 386 g/mol. The van der Waals surface area contributed by atoms with E-state index in [-0.39, 0.29) is 17.3 Å². The number of hydrogen-bond donors (Lipinski definition) is 1. The van der Waals surface area contributed by atoms with Crippen LogP contribution in [0.2, 0.25) is 0 Å². The Morgan fingerprint density at radius 1 is 1.14 bits per heavy atom. The van der Waals surface area contributed by atoms with Crippen LogP contribution in [0.1, 0.15) is 23.4 Å². The lowest BCUT2D eigenvalue weighted by molar-refractivity contribution is -0.384. The van der Waals surface area contributed by atoms with Gasteiger partial charge in [0.05, 0.1) is 16.5 Å². The van der Waals surface area contributed by atoms with Gasteiger partial charge in [-0.1, -0.05) is 42.5 Å². The van der Waals surface area contributed by atoms with Crippen LogP contribution in [-0.2, 0) is 4.79 Å². The van der Waals surface area contributed by atoms with Crippen molar-refractivity contribution in [1.29, 1.82) is 5.26 Å². The molecule has 0 fully saturated rings. The second-order valence-electron chi connectivity index (χ2n) is 6.25. The van der Waals surface area contributed by atoms with Gasteiger partial charge in [0.1, 0.15) is 11.6 Å². The van der Waals surface area contributed by atoms with Crippen molar-refractivity contribution in [2.75, 3.05) is 0 Å². The Morgan fingerprint density at radius 3 is 2.52 bits per heavy atom. The van der Waals surface area contributed by atoms with E-state index in [4.69, 9.17) is 0 Å². The molecule has 0 saturated carbocycles. The van der Waals surface area contributed by atoms with Crippen molar-refractivity contribution in [1.82, 2.24) is 5.32 Å². The minimum atomic E-state index is -0.468. The summed E-state index contributed by atoms with van der Waals surface area (Å²) >= 11 is 1.28. The number of amides is 1. The van der Waals surface area contributed by atoms with Gasteiger partial charge in [0, 0.05) is 15.8 Å². The third-order valence-corrected chi connectivity index (χ3v) is 5.36. The normalized spacial score (nSPS) is 12.1. The quantitative estimate of drug-likeness (QED) is 0.268. The molecule has 0 bridgehead atoms. The Kier molecular flexibility index (Phi) is 6.17. The third kappa shape index (κ3) is 4.75. The number of nitro benzene ring substituents is 1. The van der Waals surface area contributed by atoms with Crippen molar-refractivity contribution < 1.29 is 9.72 Å². The minimum Gasteiger partial charge on any atom is -0.345 e. The summed E-state index contributed by atoms with van der Waals surface area (Å²) in [4.78, 5) is 24.7. The number of benzene rings is 2. The van der Waals surface area contributed by atoms with Crippen LogP contribution in [-0.4, -0.2) is 10.8 Å². The Hall–Kier alpha value is -3.76. The standard InChI is InChI=1S/C22H17N3O3S/c1-15(16-7-3-2-4-8-16)24-22(26)17(14-23)13-18-11-12-21(29-18)19-9-5-6-10-20(19)25(27)28/h2-13,15H,1H3,(H,24,26)/b17-13+. The average molecular weight is 403 g/mol. The predicted molar refractivity (Wildman–Crippen MR) is 113 cm³/mol. The van der Waals surface area contributed by atoms with E-state index in [0.29, 0.717) is 15.3 Å². The van der Waals surface area contributed by atoms with Crippen molar-refractivity contribution >= 4 is 29.0 Å². The van der Waals surface area contributed by atoms with Crippen LogP contribution in [0.3, 0.4) is 0 Å². The van der Waals surface area contributed by atoms with Crippen molar-refractivity contribution in [2.45, 2.75) is 13.0 Å². The van der Waals surface area contributed by atoms with Gasteiger partial charge in [0.25, 0.3) is 11.6 Å². The van der Waals surface area contributed by atoms with Gasteiger partial charge in [0.15, 0.2) is 0 Å². The summed E-state index contributed by atoms with van der Waals surface area (Å²) in [6.45, 7) is 1.85. The van der Waals surface area contributed by atoms with Crippen molar-refractivity contribution in [3.63, 3.8) is 0 Å². The molecule has 3 rings (SSSR count). The Bertz CT molecular complexity index is 1110. The SMILES string of the molecule is CC(NC(=O)/C(C#N)=C/c1ccc(-c2ccccc2[N+](=O)[O-])s1)c1ccccc1. The molecule has 1 atom stereocenters. The van der Waals surface area contributed by atoms with Gasteiger partial charge in [-0.15, -0.1) is 11.3 Å². The maximum atomic E-state index is 12.5. The lowest BCUT2D eigenvalue weighted by Gasteiger charge is -2.13.